The zero-order valence-corrected chi connectivity index (χ0v) is 10.5. The second-order valence-electron chi connectivity index (χ2n) is 3.35. The molecule has 1 atom stereocenters. The van der Waals surface area contributed by atoms with Crippen LogP contribution in [0.2, 0.25) is 0 Å². The van der Waals surface area contributed by atoms with Gasteiger partial charge in [0.2, 0.25) is 0 Å². The van der Waals surface area contributed by atoms with Gasteiger partial charge in [-0.25, -0.2) is 0 Å². The van der Waals surface area contributed by atoms with E-state index in [0.29, 0.717) is 13.1 Å². The van der Waals surface area contributed by atoms with Crippen LogP contribution in [0, 0.1) is 0 Å². The minimum Gasteiger partial charge on any atom is -0.491 e. The van der Waals surface area contributed by atoms with E-state index in [9.17, 15) is 5.11 Å². The standard InChI is InChI=1S/C11H16BrNO3/c12-9-1-3-11(4-2-9)16-8-10(15)7-13-5-6-14/h1-4,10,13-15H,5-8H2. The van der Waals surface area contributed by atoms with Crippen LogP contribution >= 0.6 is 15.9 Å². The fourth-order valence-corrected chi connectivity index (χ4v) is 1.39. The normalized spacial score (nSPS) is 12.4. The van der Waals surface area contributed by atoms with Gasteiger partial charge in [-0.1, -0.05) is 15.9 Å². The first-order valence-electron chi connectivity index (χ1n) is 5.10. The lowest BCUT2D eigenvalue weighted by Crippen LogP contribution is -2.32. The molecule has 4 nitrogen and oxygen atoms in total. The van der Waals surface area contributed by atoms with E-state index in [1.807, 2.05) is 24.3 Å². The maximum Gasteiger partial charge on any atom is 0.119 e. The molecule has 0 spiro atoms. The highest BCUT2D eigenvalue weighted by Crippen LogP contribution is 2.16. The Morgan fingerprint density at radius 1 is 1.31 bits per heavy atom. The van der Waals surface area contributed by atoms with E-state index in [2.05, 4.69) is 21.2 Å². The monoisotopic (exact) mass is 289 g/mol. The van der Waals surface area contributed by atoms with Gasteiger partial charge in [-0.05, 0) is 24.3 Å². The summed E-state index contributed by atoms with van der Waals surface area (Å²) in [5, 5.41) is 20.9. The van der Waals surface area contributed by atoms with Crippen molar-refractivity contribution in [1.29, 1.82) is 0 Å². The Balaban J connectivity index is 2.20. The van der Waals surface area contributed by atoms with Crippen molar-refractivity contribution < 1.29 is 14.9 Å². The van der Waals surface area contributed by atoms with Crippen LogP contribution in [-0.4, -0.2) is 42.6 Å². The minimum atomic E-state index is -0.574. The Morgan fingerprint density at radius 2 is 2.00 bits per heavy atom. The van der Waals surface area contributed by atoms with E-state index in [0.717, 1.165) is 10.2 Å². The van der Waals surface area contributed by atoms with E-state index in [-0.39, 0.29) is 13.2 Å². The number of ether oxygens (including phenoxy) is 1. The van der Waals surface area contributed by atoms with Gasteiger partial charge in [0.15, 0.2) is 0 Å². The SMILES string of the molecule is OCCNCC(O)COc1ccc(Br)cc1. The summed E-state index contributed by atoms with van der Waals surface area (Å²) in [5.74, 6) is 0.726. The van der Waals surface area contributed by atoms with Crippen molar-refractivity contribution in [1.82, 2.24) is 5.32 Å². The summed E-state index contributed by atoms with van der Waals surface area (Å²) in [4.78, 5) is 0. The smallest absolute Gasteiger partial charge is 0.119 e. The lowest BCUT2D eigenvalue weighted by molar-refractivity contribution is 0.105. The van der Waals surface area contributed by atoms with Gasteiger partial charge in [0.05, 0.1) is 6.61 Å². The third kappa shape index (κ3) is 5.46. The molecular formula is C11H16BrNO3. The molecule has 3 N–H and O–H groups in total. The van der Waals surface area contributed by atoms with Gasteiger partial charge in [0.25, 0.3) is 0 Å². The second-order valence-corrected chi connectivity index (χ2v) is 4.26. The van der Waals surface area contributed by atoms with Crippen molar-refractivity contribution in [3.8, 4) is 5.75 Å². The first kappa shape index (κ1) is 13.4. The predicted molar refractivity (Wildman–Crippen MR) is 65.6 cm³/mol. The molecule has 0 aliphatic carbocycles. The molecule has 0 saturated heterocycles. The van der Waals surface area contributed by atoms with Crippen LogP contribution in [0.1, 0.15) is 0 Å². The van der Waals surface area contributed by atoms with Gasteiger partial charge in [0.1, 0.15) is 18.5 Å². The molecule has 0 amide bonds. The molecule has 0 heterocycles. The highest BCUT2D eigenvalue weighted by Gasteiger charge is 2.04. The molecule has 0 aromatic heterocycles. The molecular weight excluding hydrogens is 274 g/mol. The molecule has 5 heteroatoms. The van der Waals surface area contributed by atoms with Gasteiger partial charge in [-0.15, -0.1) is 0 Å². The van der Waals surface area contributed by atoms with Crippen LogP contribution in [0.3, 0.4) is 0 Å². The quantitative estimate of drug-likeness (QED) is 0.649. The summed E-state index contributed by atoms with van der Waals surface area (Å²) in [6.07, 6.45) is -0.574. The lowest BCUT2D eigenvalue weighted by atomic mass is 10.3. The third-order valence-corrected chi connectivity index (χ3v) is 2.45. The van der Waals surface area contributed by atoms with E-state index in [1.165, 1.54) is 0 Å². The van der Waals surface area contributed by atoms with Gasteiger partial charge in [-0.2, -0.15) is 0 Å². The van der Waals surface area contributed by atoms with Gasteiger partial charge >= 0.3 is 0 Å². The third-order valence-electron chi connectivity index (χ3n) is 1.92. The Morgan fingerprint density at radius 3 is 2.62 bits per heavy atom. The zero-order valence-electron chi connectivity index (χ0n) is 8.90. The first-order chi connectivity index (χ1) is 7.72. The molecule has 0 fully saturated rings. The summed E-state index contributed by atoms with van der Waals surface area (Å²) in [6.45, 7) is 1.20. The molecule has 1 unspecified atom stereocenters. The summed E-state index contributed by atoms with van der Waals surface area (Å²) in [7, 11) is 0. The van der Waals surface area contributed by atoms with E-state index in [1.54, 1.807) is 0 Å². The summed E-state index contributed by atoms with van der Waals surface area (Å²) >= 11 is 3.33. The van der Waals surface area contributed by atoms with E-state index < -0.39 is 6.10 Å². The van der Waals surface area contributed by atoms with E-state index >= 15 is 0 Å². The summed E-state index contributed by atoms with van der Waals surface area (Å²) < 4.78 is 6.37. The average molecular weight is 290 g/mol. The maximum absolute atomic E-state index is 9.51. The molecule has 1 rings (SSSR count). The van der Waals surface area contributed by atoms with Gasteiger partial charge in [-0.3, -0.25) is 0 Å². The number of nitrogens with one attached hydrogen (secondary N) is 1. The van der Waals surface area contributed by atoms with Crippen LogP contribution in [0.25, 0.3) is 0 Å². The first-order valence-corrected chi connectivity index (χ1v) is 5.89. The molecule has 0 bridgehead atoms. The summed E-state index contributed by atoms with van der Waals surface area (Å²) in [6, 6.07) is 7.42. The molecule has 0 saturated carbocycles. The van der Waals surface area contributed by atoms with Crippen LogP contribution in [0.15, 0.2) is 28.7 Å². The second kappa shape index (κ2) is 7.62. The Labute approximate surface area is 103 Å². The number of hydrogen-bond donors (Lipinski definition) is 3. The van der Waals surface area contributed by atoms with Crippen molar-refractivity contribution in [2.45, 2.75) is 6.10 Å². The fourth-order valence-electron chi connectivity index (χ4n) is 1.13. The molecule has 1 aromatic rings. The predicted octanol–water partition coefficient (Wildman–Crippen LogP) is 0.771. The number of rotatable bonds is 7. The number of halogens is 1. The molecule has 1 aromatic carbocycles. The molecule has 90 valence electrons. The lowest BCUT2D eigenvalue weighted by Gasteiger charge is -2.12. The number of aliphatic hydroxyl groups excluding tert-OH is 2. The maximum atomic E-state index is 9.51. The minimum absolute atomic E-state index is 0.0697. The van der Waals surface area contributed by atoms with Gasteiger partial charge < -0.3 is 20.3 Å². The van der Waals surface area contributed by atoms with Crippen LogP contribution in [-0.2, 0) is 0 Å². The van der Waals surface area contributed by atoms with Crippen LogP contribution in [0.4, 0.5) is 0 Å². The number of aliphatic hydroxyl groups is 2. The highest BCUT2D eigenvalue weighted by atomic mass is 79.9. The van der Waals surface area contributed by atoms with Crippen LogP contribution in [0.5, 0.6) is 5.75 Å². The summed E-state index contributed by atoms with van der Waals surface area (Å²) in [5.41, 5.74) is 0. The van der Waals surface area contributed by atoms with Crippen molar-refractivity contribution >= 4 is 15.9 Å². The molecule has 0 aliphatic heterocycles. The largest absolute Gasteiger partial charge is 0.491 e. The van der Waals surface area contributed by atoms with E-state index in [4.69, 9.17) is 9.84 Å². The topological polar surface area (TPSA) is 61.7 Å². The van der Waals surface area contributed by atoms with Crippen LogP contribution < -0.4 is 10.1 Å². The van der Waals surface area contributed by atoms with Crippen molar-refractivity contribution in [2.24, 2.45) is 0 Å². The van der Waals surface area contributed by atoms with Crippen molar-refractivity contribution in [2.75, 3.05) is 26.3 Å². The number of hydrogen-bond acceptors (Lipinski definition) is 4. The Bertz CT molecular complexity index is 292. The molecule has 16 heavy (non-hydrogen) atoms. The zero-order chi connectivity index (χ0) is 11.8. The average Bonchev–Trinajstić information content (AvgIpc) is 2.29. The molecule has 0 radical (unpaired) electrons. The van der Waals surface area contributed by atoms with Crippen molar-refractivity contribution in [3.05, 3.63) is 28.7 Å². The fraction of sp³-hybridized carbons (Fsp3) is 0.455. The highest BCUT2D eigenvalue weighted by molar-refractivity contribution is 9.10. The Hall–Kier alpha value is -0.620. The number of benzene rings is 1. The van der Waals surface area contributed by atoms with Crippen molar-refractivity contribution in [3.63, 3.8) is 0 Å². The molecule has 0 aliphatic rings. The van der Waals surface area contributed by atoms with Gasteiger partial charge in [0, 0.05) is 17.6 Å². The Kier molecular flexibility index (Phi) is 6.40.